The second-order valence-corrected chi connectivity index (χ2v) is 5.97. The number of allylic oxidation sites excluding steroid dienone is 2. The number of halogens is 3. The summed E-state index contributed by atoms with van der Waals surface area (Å²) in [5.74, 6) is 0.419. The lowest BCUT2D eigenvalue weighted by Gasteiger charge is -2.15. The topological polar surface area (TPSA) is 38.9 Å². The molecule has 1 heterocycles. The quantitative estimate of drug-likeness (QED) is 0.563. The molecule has 0 atom stereocenters. The Hall–Kier alpha value is -2.89. The summed E-state index contributed by atoms with van der Waals surface area (Å²) in [4.78, 5) is 4.18. The molecular weight excluding hydrogens is 341 g/mol. The van der Waals surface area contributed by atoms with Gasteiger partial charge in [0.15, 0.2) is 5.82 Å². The number of hydrogen-bond donors (Lipinski definition) is 0. The SMILES string of the molecule is C/C=C(\C)c1noc(-c2ccc(-c3ccccc3C)c(C(F)(F)F)c2)n1. The lowest BCUT2D eigenvalue weighted by molar-refractivity contribution is -0.137. The molecule has 0 aliphatic rings. The predicted octanol–water partition coefficient (Wildman–Crippen LogP) is 6.15. The van der Waals surface area contributed by atoms with Crippen LogP contribution in [0, 0.1) is 6.92 Å². The van der Waals surface area contributed by atoms with Gasteiger partial charge in [-0.3, -0.25) is 0 Å². The van der Waals surface area contributed by atoms with Crippen LogP contribution in [0.15, 0.2) is 53.1 Å². The van der Waals surface area contributed by atoms with Crippen LogP contribution in [-0.2, 0) is 6.18 Å². The number of benzene rings is 2. The van der Waals surface area contributed by atoms with Crippen molar-refractivity contribution >= 4 is 5.57 Å². The van der Waals surface area contributed by atoms with E-state index >= 15 is 0 Å². The highest BCUT2D eigenvalue weighted by atomic mass is 19.4. The zero-order chi connectivity index (χ0) is 18.9. The Morgan fingerprint density at radius 2 is 1.81 bits per heavy atom. The zero-order valence-corrected chi connectivity index (χ0v) is 14.6. The maximum Gasteiger partial charge on any atom is 0.417 e. The summed E-state index contributed by atoms with van der Waals surface area (Å²) in [6.07, 6.45) is -2.70. The summed E-state index contributed by atoms with van der Waals surface area (Å²) < 4.78 is 46.2. The third kappa shape index (κ3) is 3.40. The Balaban J connectivity index is 2.14. The first-order valence-corrected chi connectivity index (χ1v) is 8.06. The van der Waals surface area contributed by atoms with Gasteiger partial charge in [-0.05, 0) is 55.2 Å². The molecule has 3 nitrogen and oxygen atoms in total. The van der Waals surface area contributed by atoms with Gasteiger partial charge in [0.2, 0.25) is 0 Å². The lowest BCUT2D eigenvalue weighted by atomic mass is 9.94. The van der Waals surface area contributed by atoms with E-state index in [1.54, 1.807) is 50.3 Å². The molecule has 0 N–H and O–H groups in total. The second kappa shape index (κ2) is 6.78. The van der Waals surface area contributed by atoms with Crippen LogP contribution in [0.5, 0.6) is 0 Å². The highest BCUT2D eigenvalue weighted by Gasteiger charge is 2.34. The number of alkyl halides is 3. The maximum absolute atomic E-state index is 13.7. The minimum absolute atomic E-state index is 0.0584. The van der Waals surface area contributed by atoms with Crippen LogP contribution >= 0.6 is 0 Å². The Morgan fingerprint density at radius 1 is 1.08 bits per heavy atom. The van der Waals surface area contributed by atoms with Crippen LogP contribution in [0.1, 0.15) is 30.8 Å². The normalized spacial score (nSPS) is 12.5. The van der Waals surface area contributed by atoms with E-state index in [2.05, 4.69) is 10.1 Å². The minimum atomic E-state index is -4.50. The standard InChI is InChI=1S/C20H17F3N2O/c1-4-12(2)18-24-19(26-25-18)14-9-10-16(17(11-14)20(21,22)23)15-8-6-5-7-13(15)3/h4-11H,1-3H3/b12-4+. The average molecular weight is 358 g/mol. The molecule has 6 heteroatoms. The van der Waals surface area contributed by atoms with Crippen LogP contribution in [0.4, 0.5) is 13.2 Å². The van der Waals surface area contributed by atoms with E-state index in [9.17, 15) is 13.2 Å². The third-order valence-corrected chi connectivity index (χ3v) is 4.22. The van der Waals surface area contributed by atoms with Gasteiger partial charge in [-0.1, -0.05) is 41.6 Å². The van der Waals surface area contributed by atoms with E-state index in [0.29, 0.717) is 11.4 Å². The van der Waals surface area contributed by atoms with E-state index in [0.717, 1.165) is 17.2 Å². The van der Waals surface area contributed by atoms with Crippen molar-refractivity contribution in [2.24, 2.45) is 0 Å². The number of aryl methyl sites for hydroxylation is 1. The molecule has 0 saturated heterocycles. The molecule has 0 saturated carbocycles. The number of hydrogen-bond acceptors (Lipinski definition) is 3. The molecule has 0 aliphatic carbocycles. The van der Waals surface area contributed by atoms with Crippen molar-refractivity contribution in [2.75, 3.05) is 0 Å². The smallest absolute Gasteiger partial charge is 0.334 e. The fraction of sp³-hybridized carbons (Fsp3) is 0.200. The van der Waals surface area contributed by atoms with E-state index in [1.165, 1.54) is 6.07 Å². The highest BCUT2D eigenvalue weighted by Crippen LogP contribution is 2.40. The van der Waals surface area contributed by atoms with Crippen molar-refractivity contribution in [1.29, 1.82) is 0 Å². The molecule has 2 aromatic carbocycles. The molecule has 0 bridgehead atoms. The van der Waals surface area contributed by atoms with Gasteiger partial charge in [0.05, 0.1) is 5.56 Å². The van der Waals surface area contributed by atoms with Gasteiger partial charge < -0.3 is 4.52 Å². The van der Waals surface area contributed by atoms with E-state index in [-0.39, 0.29) is 17.0 Å². The summed E-state index contributed by atoms with van der Waals surface area (Å²) in [7, 11) is 0. The first kappa shape index (κ1) is 17.9. The van der Waals surface area contributed by atoms with Gasteiger partial charge in [0, 0.05) is 5.56 Å². The molecule has 0 amide bonds. The fourth-order valence-electron chi connectivity index (χ4n) is 2.65. The van der Waals surface area contributed by atoms with Crippen LogP contribution in [0.2, 0.25) is 0 Å². The maximum atomic E-state index is 13.7. The Labute approximate surface area is 149 Å². The van der Waals surface area contributed by atoms with Crippen molar-refractivity contribution in [3.8, 4) is 22.6 Å². The number of aromatic nitrogens is 2. The van der Waals surface area contributed by atoms with Gasteiger partial charge >= 0.3 is 6.18 Å². The first-order valence-electron chi connectivity index (χ1n) is 8.06. The Kier molecular flexibility index (Phi) is 4.68. The van der Waals surface area contributed by atoms with Gasteiger partial charge in [0.25, 0.3) is 5.89 Å². The summed E-state index contributed by atoms with van der Waals surface area (Å²) in [6.45, 7) is 5.41. The number of rotatable bonds is 3. The Morgan fingerprint density at radius 3 is 2.46 bits per heavy atom. The first-order chi connectivity index (χ1) is 12.3. The average Bonchev–Trinajstić information content (AvgIpc) is 3.10. The van der Waals surface area contributed by atoms with Gasteiger partial charge in [0.1, 0.15) is 0 Å². The van der Waals surface area contributed by atoms with E-state index in [4.69, 9.17) is 4.52 Å². The third-order valence-electron chi connectivity index (χ3n) is 4.22. The van der Waals surface area contributed by atoms with Crippen molar-refractivity contribution in [3.63, 3.8) is 0 Å². The molecule has 134 valence electrons. The fourth-order valence-corrected chi connectivity index (χ4v) is 2.65. The van der Waals surface area contributed by atoms with Crippen LogP contribution in [-0.4, -0.2) is 10.1 Å². The predicted molar refractivity (Wildman–Crippen MR) is 94.2 cm³/mol. The molecule has 0 unspecified atom stereocenters. The largest absolute Gasteiger partial charge is 0.417 e. The molecule has 1 aromatic heterocycles. The Bertz CT molecular complexity index is 971. The van der Waals surface area contributed by atoms with Gasteiger partial charge in [-0.25, -0.2) is 0 Å². The van der Waals surface area contributed by atoms with Crippen LogP contribution in [0.3, 0.4) is 0 Å². The number of nitrogens with zero attached hydrogens (tertiary/aromatic N) is 2. The second-order valence-electron chi connectivity index (χ2n) is 5.97. The van der Waals surface area contributed by atoms with E-state index in [1.807, 2.05) is 6.92 Å². The van der Waals surface area contributed by atoms with Crippen molar-refractivity contribution in [1.82, 2.24) is 10.1 Å². The minimum Gasteiger partial charge on any atom is -0.334 e. The summed E-state index contributed by atoms with van der Waals surface area (Å²) in [5.41, 5.74) is 1.73. The molecule has 0 fully saturated rings. The monoisotopic (exact) mass is 358 g/mol. The molecule has 0 aliphatic heterocycles. The summed E-state index contributed by atoms with van der Waals surface area (Å²) in [5, 5.41) is 3.81. The molecule has 3 rings (SSSR count). The molecular formula is C20H17F3N2O. The zero-order valence-electron chi connectivity index (χ0n) is 14.6. The van der Waals surface area contributed by atoms with Gasteiger partial charge in [-0.2, -0.15) is 18.2 Å². The summed E-state index contributed by atoms with van der Waals surface area (Å²) >= 11 is 0. The van der Waals surface area contributed by atoms with Gasteiger partial charge in [-0.15, -0.1) is 0 Å². The van der Waals surface area contributed by atoms with Crippen LogP contribution in [0.25, 0.3) is 28.2 Å². The molecule has 3 aromatic rings. The van der Waals surface area contributed by atoms with Crippen molar-refractivity contribution in [2.45, 2.75) is 26.9 Å². The highest BCUT2D eigenvalue weighted by molar-refractivity contribution is 5.74. The lowest BCUT2D eigenvalue weighted by Crippen LogP contribution is -2.08. The van der Waals surface area contributed by atoms with Crippen LogP contribution < -0.4 is 0 Å². The summed E-state index contributed by atoms with van der Waals surface area (Å²) in [6, 6.07) is 11.1. The molecule has 0 radical (unpaired) electrons. The van der Waals surface area contributed by atoms with Crippen molar-refractivity contribution in [3.05, 3.63) is 65.5 Å². The molecule has 26 heavy (non-hydrogen) atoms. The molecule has 0 spiro atoms. The van der Waals surface area contributed by atoms with E-state index < -0.39 is 11.7 Å². The van der Waals surface area contributed by atoms with Crippen molar-refractivity contribution < 1.29 is 17.7 Å².